The van der Waals surface area contributed by atoms with Crippen molar-refractivity contribution >= 4 is 54.5 Å². The zero-order valence-electron chi connectivity index (χ0n) is 15.9. The molecule has 0 radical (unpaired) electrons. The fourth-order valence-corrected chi connectivity index (χ4v) is 4.74. The van der Waals surface area contributed by atoms with E-state index in [1.165, 1.54) is 10.8 Å². The van der Waals surface area contributed by atoms with E-state index in [0.717, 1.165) is 49.6 Å². The van der Waals surface area contributed by atoms with Crippen LogP contribution in [0.4, 0.5) is 0 Å². The Labute approximate surface area is 171 Å². The third-order valence-electron chi connectivity index (χ3n) is 5.92. The van der Waals surface area contributed by atoms with Gasteiger partial charge in [-0.1, -0.05) is 42.5 Å². The van der Waals surface area contributed by atoms with E-state index in [1.54, 1.807) is 0 Å². The van der Waals surface area contributed by atoms with Crippen LogP contribution in [0, 0.1) is 0 Å². The van der Waals surface area contributed by atoms with Crippen LogP contribution >= 0.6 is 0 Å². The van der Waals surface area contributed by atoms with Crippen LogP contribution in [0.15, 0.2) is 95.8 Å². The number of furan rings is 1. The van der Waals surface area contributed by atoms with Crippen LogP contribution in [0.3, 0.4) is 0 Å². The molecule has 0 saturated heterocycles. The van der Waals surface area contributed by atoms with E-state index in [-0.39, 0.29) is 0 Å². The first kappa shape index (κ1) is 15.7. The first-order chi connectivity index (χ1) is 14.9. The molecule has 0 saturated carbocycles. The molecular formula is C26H15N3O. The minimum atomic E-state index is 0.885. The first-order valence-corrected chi connectivity index (χ1v) is 9.93. The molecular weight excluding hydrogens is 370 g/mol. The van der Waals surface area contributed by atoms with Crippen LogP contribution in [0.25, 0.3) is 60.3 Å². The summed E-state index contributed by atoms with van der Waals surface area (Å²) in [6.45, 7) is 0. The lowest BCUT2D eigenvalue weighted by Gasteiger charge is -2.08. The molecule has 4 heterocycles. The standard InChI is InChI=1S/C26H15N3O/c1-3-9-20-17(7-1)23-19-15-27-14-12-16(19)26-24(18-8-2-4-10-21(18)30-26)25(23)29(20)22-11-5-6-13-28-22/h1-15H. The fourth-order valence-electron chi connectivity index (χ4n) is 4.74. The second-order valence-electron chi connectivity index (χ2n) is 7.49. The van der Waals surface area contributed by atoms with Crippen molar-refractivity contribution in [3.8, 4) is 5.82 Å². The molecule has 0 fully saturated rings. The normalized spacial score (nSPS) is 12.0. The fraction of sp³-hybridized carbons (Fsp3) is 0. The van der Waals surface area contributed by atoms with Gasteiger partial charge in [-0.25, -0.2) is 4.98 Å². The van der Waals surface area contributed by atoms with Gasteiger partial charge in [0.1, 0.15) is 17.0 Å². The molecule has 0 unspecified atom stereocenters. The number of rotatable bonds is 1. The van der Waals surface area contributed by atoms with Gasteiger partial charge in [0.25, 0.3) is 0 Å². The van der Waals surface area contributed by atoms with Gasteiger partial charge in [0, 0.05) is 45.5 Å². The Kier molecular flexibility index (Phi) is 2.97. The average molecular weight is 385 g/mol. The van der Waals surface area contributed by atoms with Crippen molar-refractivity contribution in [2.45, 2.75) is 0 Å². The summed E-state index contributed by atoms with van der Waals surface area (Å²) in [7, 11) is 0. The van der Waals surface area contributed by atoms with Crippen molar-refractivity contribution in [3.63, 3.8) is 0 Å². The number of aromatic nitrogens is 3. The molecule has 0 amide bonds. The summed E-state index contributed by atoms with van der Waals surface area (Å²) in [6, 6.07) is 24.8. The SMILES string of the molecule is c1ccc(-n2c3ccccc3c3c4cnccc4c4oc5ccccc5c4c32)nc1. The monoisotopic (exact) mass is 385 g/mol. The van der Waals surface area contributed by atoms with Crippen molar-refractivity contribution in [2.75, 3.05) is 0 Å². The van der Waals surface area contributed by atoms with Crippen LogP contribution in [0.1, 0.15) is 0 Å². The molecule has 0 bridgehead atoms. The molecule has 4 aromatic heterocycles. The van der Waals surface area contributed by atoms with Crippen molar-refractivity contribution in [1.82, 2.24) is 14.5 Å². The van der Waals surface area contributed by atoms with E-state index in [0.29, 0.717) is 0 Å². The van der Waals surface area contributed by atoms with E-state index in [9.17, 15) is 0 Å². The number of benzene rings is 3. The molecule has 0 N–H and O–H groups in total. The molecule has 7 aromatic rings. The molecule has 0 spiro atoms. The van der Waals surface area contributed by atoms with Crippen molar-refractivity contribution in [1.29, 1.82) is 0 Å². The summed E-state index contributed by atoms with van der Waals surface area (Å²) >= 11 is 0. The maximum atomic E-state index is 6.40. The minimum absolute atomic E-state index is 0.885. The lowest BCUT2D eigenvalue weighted by Crippen LogP contribution is -1.96. The van der Waals surface area contributed by atoms with Gasteiger partial charge in [-0.15, -0.1) is 0 Å². The molecule has 0 aliphatic heterocycles. The van der Waals surface area contributed by atoms with Crippen LogP contribution in [-0.2, 0) is 0 Å². The highest BCUT2D eigenvalue weighted by Gasteiger charge is 2.22. The van der Waals surface area contributed by atoms with Crippen molar-refractivity contribution < 1.29 is 4.42 Å². The van der Waals surface area contributed by atoms with E-state index in [4.69, 9.17) is 4.42 Å². The summed E-state index contributed by atoms with van der Waals surface area (Å²) in [6.07, 6.45) is 5.61. The predicted molar refractivity (Wildman–Crippen MR) is 121 cm³/mol. The quantitative estimate of drug-likeness (QED) is 0.319. The van der Waals surface area contributed by atoms with Crippen LogP contribution in [0.5, 0.6) is 0 Å². The highest BCUT2D eigenvalue weighted by Crippen LogP contribution is 2.45. The molecule has 0 atom stereocenters. The Morgan fingerprint density at radius 1 is 0.667 bits per heavy atom. The number of nitrogens with zero attached hydrogens (tertiary/aromatic N) is 3. The summed E-state index contributed by atoms with van der Waals surface area (Å²) in [5.41, 5.74) is 4.00. The van der Waals surface area contributed by atoms with Gasteiger partial charge in [0.05, 0.1) is 16.4 Å². The van der Waals surface area contributed by atoms with Gasteiger partial charge in [-0.05, 0) is 30.3 Å². The Bertz CT molecular complexity index is 1740. The zero-order chi connectivity index (χ0) is 19.7. The molecule has 4 heteroatoms. The molecule has 140 valence electrons. The van der Waals surface area contributed by atoms with Crippen LogP contribution < -0.4 is 0 Å². The Morgan fingerprint density at radius 2 is 1.50 bits per heavy atom. The highest BCUT2D eigenvalue weighted by molar-refractivity contribution is 6.35. The first-order valence-electron chi connectivity index (χ1n) is 9.93. The predicted octanol–water partition coefficient (Wildman–Crippen LogP) is 6.63. The average Bonchev–Trinajstić information content (AvgIpc) is 3.36. The third-order valence-corrected chi connectivity index (χ3v) is 5.92. The number of pyridine rings is 2. The van der Waals surface area contributed by atoms with Gasteiger partial charge in [-0.2, -0.15) is 0 Å². The maximum absolute atomic E-state index is 6.40. The van der Waals surface area contributed by atoms with Crippen molar-refractivity contribution in [3.05, 3.63) is 91.4 Å². The largest absolute Gasteiger partial charge is 0.455 e. The van der Waals surface area contributed by atoms with Gasteiger partial charge in [0.2, 0.25) is 0 Å². The second-order valence-corrected chi connectivity index (χ2v) is 7.49. The Morgan fingerprint density at radius 3 is 2.40 bits per heavy atom. The van der Waals surface area contributed by atoms with Gasteiger partial charge in [-0.3, -0.25) is 9.55 Å². The minimum Gasteiger partial charge on any atom is -0.455 e. The van der Waals surface area contributed by atoms with Gasteiger partial charge >= 0.3 is 0 Å². The smallest absolute Gasteiger partial charge is 0.145 e. The summed E-state index contributed by atoms with van der Waals surface area (Å²) in [5, 5.41) is 6.75. The van der Waals surface area contributed by atoms with E-state index in [1.807, 2.05) is 55.0 Å². The van der Waals surface area contributed by atoms with Gasteiger partial charge in [0.15, 0.2) is 0 Å². The summed E-state index contributed by atoms with van der Waals surface area (Å²) in [5.74, 6) is 0.888. The molecule has 30 heavy (non-hydrogen) atoms. The third kappa shape index (κ3) is 1.90. The summed E-state index contributed by atoms with van der Waals surface area (Å²) in [4.78, 5) is 9.14. The molecule has 0 aliphatic carbocycles. The van der Waals surface area contributed by atoms with Crippen LogP contribution in [-0.4, -0.2) is 14.5 Å². The number of fused-ring (bicyclic) bond motifs is 10. The highest BCUT2D eigenvalue weighted by atomic mass is 16.3. The molecule has 3 aromatic carbocycles. The zero-order valence-corrected chi connectivity index (χ0v) is 15.9. The maximum Gasteiger partial charge on any atom is 0.145 e. The lowest BCUT2D eigenvalue weighted by atomic mass is 10.0. The Balaban J connectivity index is 1.91. The van der Waals surface area contributed by atoms with Gasteiger partial charge < -0.3 is 4.42 Å². The molecule has 0 aliphatic rings. The van der Waals surface area contributed by atoms with E-state index < -0.39 is 0 Å². The molecule has 7 rings (SSSR count). The Hall–Kier alpha value is -4.18. The number of hydrogen-bond acceptors (Lipinski definition) is 3. The van der Waals surface area contributed by atoms with Crippen molar-refractivity contribution in [2.24, 2.45) is 0 Å². The number of hydrogen-bond donors (Lipinski definition) is 0. The lowest BCUT2D eigenvalue weighted by molar-refractivity contribution is 0.673. The van der Waals surface area contributed by atoms with Crippen LogP contribution in [0.2, 0.25) is 0 Å². The number of para-hydroxylation sites is 2. The van der Waals surface area contributed by atoms with E-state index >= 15 is 0 Å². The summed E-state index contributed by atoms with van der Waals surface area (Å²) < 4.78 is 8.65. The van der Waals surface area contributed by atoms with E-state index in [2.05, 4.69) is 50.9 Å². The second kappa shape index (κ2) is 5.67. The molecule has 4 nitrogen and oxygen atoms in total. The topological polar surface area (TPSA) is 43.9 Å².